The molecule has 0 aromatic carbocycles. The van der Waals surface area contributed by atoms with Gasteiger partial charge in [0.1, 0.15) is 16.5 Å². The fourth-order valence-electron chi connectivity index (χ4n) is 2.12. The molecule has 0 radical (unpaired) electrons. The van der Waals surface area contributed by atoms with E-state index in [-0.39, 0.29) is 6.10 Å². The molecule has 1 atom stereocenters. The van der Waals surface area contributed by atoms with E-state index >= 15 is 0 Å². The molecular formula is C14H22N2O3S. The summed E-state index contributed by atoms with van der Waals surface area (Å²) in [6.45, 7) is 10.1. The fourth-order valence-corrected chi connectivity index (χ4v) is 3.14. The highest BCUT2D eigenvalue weighted by Gasteiger charge is 2.34. The molecular weight excluding hydrogens is 276 g/mol. The van der Waals surface area contributed by atoms with Crippen molar-refractivity contribution in [2.24, 2.45) is 0 Å². The Labute approximate surface area is 123 Å². The minimum Gasteiger partial charge on any atom is -0.481 e. The molecule has 0 bridgehead atoms. The summed E-state index contributed by atoms with van der Waals surface area (Å²) in [5.74, 6) is -0.859. The zero-order valence-corrected chi connectivity index (χ0v) is 13.2. The summed E-state index contributed by atoms with van der Waals surface area (Å²) in [7, 11) is 0. The van der Waals surface area contributed by atoms with Gasteiger partial charge >= 0.3 is 5.97 Å². The first kappa shape index (κ1) is 15.4. The van der Waals surface area contributed by atoms with Crippen molar-refractivity contribution in [3.63, 3.8) is 0 Å². The molecule has 1 aliphatic rings. The first-order valence-corrected chi connectivity index (χ1v) is 7.75. The van der Waals surface area contributed by atoms with E-state index in [2.05, 4.69) is 23.7 Å². The number of hydrogen-bond acceptors (Lipinski definition) is 5. The second-order valence-electron chi connectivity index (χ2n) is 5.95. The van der Waals surface area contributed by atoms with Crippen molar-refractivity contribution in [1.82, 2.24) is 9.88 Å². The summed E-state index contributed by atoms with van der Waals surface area (Å²) in [5, 5.41) is 12.0. The zero-order chi connectivity index (χ0) is 14.9. The molecule has 1 fully saturated rings. The van der Waals surface area contributed by atoms with Crippen molar-refractivity contribution in [3.8, 4) is 0 Å². The van der Waals surface area contributed by atoms with Crippen LogP contribution in [-0.2, 0) is 14.9 Å². The molecule has 6 heteroatoms. The van der Waals surface area contributed by atoms with Crippen LogP contribution in [0.1, 0.15) is 44.5 Å². The monoisotopic (exact) mass is 298 g/mol. The lowest BCUT2D eigenvalue weighted by Gasteiger charge is -2.34. The zero-order valence-electron chi connectivity index (χ0n) is 12.4. The molecule has 112 valence electrons. The van der Waals surface area contributed by atoms with E-state index in [0.717, 1.165) is 18.1 Å². The van der Waals surface area contributed by atoms with Crippen LogP contribution in [-0.4, -0.2) is 46.7 Å². The van der Waals surface area contributed by atoms with Gasteiger partial charge in [-0.25, -0.2) is 4.98 Å². The van der Waals surface area contributed by atoms with Crippen molar-refractivity contribution in [1.29, 1.82) is 0 Å². The number of carboxylic acids is 1. The number of aliphatic carboxylic acids is 1. The average molecular weight is 298 g/mol. The van der Waals surface area contributed by atoms with Crippen LogP contribution in [0.15, 0.2) is 5.38 Å². The third kappa shape index (κ3) is 3.02. The van der Waals surface area contributed by atoms with E-state index in [1.54, 1.807) is 13.8 Å². The van der Waals surface area contributed by atoms with Gasteiger partial charge < -0.3 is 9.84 Å². The second kappa shape index (κ2) is 5.79. The smallest absolute Gasteiger partial charge is 0.315 e. The minimum atomic E-state index is -0.957. The molecule has 1 saturated heterocycles. The van der Waals surface area contributed by atoms with E-state index in [1.165, 1.54) is 11.3 Å². The Balaban J connectivity index is 2.15. The van der Waals surface area contributed by atoms with Gasteiger partial charge in [-0.15, -0.1) is 11.3 Å². The number of aromatic nitrogens is 1. The number of nitrogens with zero attached hydrogens (tertiary/aromatic N) is 2. The Kier molecular flexibility index (Phi) is 4.46. The highest BCUT2D eigenvalue weighted by atomic mass is 32.1. The van der Waals surface area contributed by atoms with E-state index in [0.29, 0.717) is 18.3 Å². The quantitative estimate of drug-likeness (QED) is 0.924. The molecule has 20 heavy (non-hydrogen) atoms. The molecule has 2 heterocycles. The number of thiazole rings is 1. The fraction of sp³-hybridized carbons (Fsp3) is 0.714. The summed E-state index contributed by atoms with van der Waals surface area (Å²) < 4.78 is 5.79. The topological polar surface area (TPSA) is 62.7 Å². The number of ether oxygens (including phenoxy) is 1. The highest BCUT2D eigenvalue weighted by molar-refractivity contribution is 7.09. The predicted molar refractivity (Wildman–Crippen MR) is 78.2 cm³/mol. The number of morpholine rings is 1. The van der Waals surface area contributed by atoms with Crippen LogP contribution in [0.3, 0.4) is 0 Å². The van der Waals surface area contributed by atoms with Crippen molar-refractivity contribution < 1.29 is 14.6 Å². The molecule has 1 aliphatic heterocycles. The summed E-state index contributed by atoms with van der Waals surface area (Å²) in [6.07, 6.45) is -0.0468. The lowest BCUT2D eigenvalue weighted by Crippen LogP contribution is -2.42. The average Bonchev–Trinajstić information content (AvgIpc) is 2.88. The molecule has 0 saturated carbocycles. The standard InChI is InChI=1S/C14H22N2O3S/c1-9(2)16-5-6-19-10(7-16)12-15-11(8-20-12)14(3,4)13(17)18/h8-10H,5-7H2,1-4H3,(H,17,18). The van der Waals surface area contributed by atoms with Gasteiger partial charge in [-0.2, -0.15) is 0 Å². The van der Waals surface area contributed by atoms with E-state index in [1.807, 2.05) is 5.38 Å². The SMILES string of the molecule is CC(C)N1CCOC(c2nc(C(C)(C)C(=O)O)cs2)C1. The van der Waals surface area contributed by atoms with Crippen LogP contribution in [0.4, 0.5) is 0 Å². The van der Waals surface area contributed by atoms with E-state index in [9.17, 15) is 9.90 Å². The number of rotatable bonds is 4. The Hall–Kier alpha value is -0.980. The normalized spacial score (nSPS) is 21.4. The molecule has 2 rings (SSSR count). The number of carboxylic acid groups (broad SMARTS) is 1. The largest absolute Gasteiger partial charge is 0.481 e. The molecule has 1 aromatic rings. The first-order chi connectivity index (χ1) is 9.32. The summed E-state index contributed by atoms with van der Waals surface area (Å²) >= 11 is 1.49. The van der Waals surface area contributed by atoms with Gasteiger partial charge in [0.15, 0.2) is 0 Å². The number of hydrogen-bond donors (Lipinski definition) is 1. The Bertz CT molecular complexity index is 485. The maximum Gasteiger partial charge on any atom is 0.315 e. The van der Waals surface area contributed by atoms with Crippen molar-refractivity contribution in [2.45, 2.75) is 45.3 Å². The summed E-state index contributed by atoms with van der Waals surface area (Å²) in [5.41, 5.74) is -0.350. The van der Waals surface area contributed by atoms with Crippen LogP contribution in [0.25, 0.3) is 0 Å². The molecule has 5 nitrogen and oxygen atoms in total. The molecule has 0 aliphatic carbocycles. The molecule has 1 aromatic heterocycles. The minimum absolute atomic E-state index is 0.0468. The lowest BCUT2D eigenvalue weighted by molar-refractivity contribution is -0.142. The summed E-state index contributed by atoms with van der Waals surface area (Å²) in [6, 6.07) is 0.483. The van der Waals surface area contributed by atoms with Gasteiger partial charge in [0.25, 0.3) is 0 Å². The molecule has 1 N–H and O–H groups in total. The second-order valence-corrected chi connectivity index (χ2v) is 6.84. The van der Waals surface area contributed by atoms with E-state index in [4.69, 9.17) is 4.74 Å². The van der Waals surface area contributed by atoms with Crippen LogP contribution in [0.2, 0.25) is 0 Å². The van der Waals surface area contributed by atoms with Gasteiger partial charge in [-0.1, -0.05) is 0 Å². The van der Waals surface area contributed by atoms with Crippen LogP contribution >= 0.6 is 11.3 Å². The van der Waals surface area contributed by atoms with Gasteiger partial charge in [0.05, 0.1) is 12.3 Å². The third-order valence-electron chi connectivity index (χ3n) is 3.80. The van der Waals surface area contributed by atoms with Gasteiger partial charge in [-0.05, 0) is 27.7 Å². The maximum absolute atomic E-state index is 11.3. The Morgan fingerprint density at radius 2 is 2.30 bits per heavy atom. The van der Waals surface area contributed by atoms with Crippen LogP contribution in [0, 0.1) is 0 Å². The summed E-state index contributed by atoms with van der Waals surface area (Å²) in [4.78, 5) is 18.1. The van der Waals surface area contributed by atoms with Gasteiger partial charge in [0.2, 0.25) is 0 Å². The van der Waals surface area contributed by atoms with E-state index < -0.39 is 11.4 Å². The van der Waals surface area contributed by atoms with Crippen molar-refractivity contribution >= 4 is 17.3 Å². The number of carbonyl (C=O) groups is 1. The molecule has 1 unspecified atom stereocenters. The third-order valence-corrected chi connectivity index (χ3v) is 4.74. The first-order valence-electron chi connectivity index (χ1n) is 6.87. The lowest BCUT2D eigenvalue weighted by atomic mass is 9.90. The Morgan fingerprint density at radius 3 is 2.90 bits per heavy atom. The highest BCUT2D eigenvalue weighted by Crippen LogP contribution is 2.30. The van der Waals surface area contributed by atoms with Crippen molar-refractivity contribution in [2.75, 3.05) is 19.7 Å². The van der Waals surface area contributed by atoms with Gasteiger partial charge in [0, 0.05) is 24.5 Å². The van der Waals surface area contributed by atoms with Gasteiger partial charge in [-0.3, -0.25) is 9.69 Å². The Morgan fingerprint density at radius 1 is 1.60 bits per heavy atom. The molecule has 0 spiro atoms. The van der Waals surface area contributed by atoms with Crippen molar-refractivity contribution in [3.05, 3.63) is 16.1 Å². The van der Waals surface area contributed by atoms with Crippen LogP contribution in [0.5, 0.6) is 0 Å². The maximum atomic E-state index is 11.3. The predicted octanol–water partition coefficient (Wildman–Crippen LogP) is 2.29. The van der Waals surface area contributed by atoms with Crippen LogP contribution < -0.4 is 0 Å². The molecule has 0 amide bonds.